The molecule has 1 N–H and O–H groups in total. The van der Waals surface area contributed by atoms with E-state index in [2.05, 4.69) is 55.9 Å². The van der Waals surface area contributed by atoms with Crippen molar-refractivity contribution in [3.63, 3.8) is 0 Å². The highest BCUT2D eigenvalue weighted by atomic mass is 79.9. The summed E-state index contributed by atoms with van der Waals surface area (Å²) < 4.78 is 0.997. The molecule has 0 spiro atoms. The molecule has 0 radical (unpaired) electrons. The van der Waals surface area contributed by atoms with Crippen molar-refractivity contribution in [1.82, 2.24) is 9.97 Å². The molecule has 21 heavy (non-hydrogen) atoms. The van der Waals surface area contributed by atoms with Crippen LogP contribution in [0.4, 0.5) is 5.82 Å². The Morgan fingerprint density at radius 3 is 2.29 bits per heavy atom. The monoisotopic (exact) mass is 353 g/mol. The Morgan fingerprint density at radius 1 is 1.14 bits per heavy atom. The lowest BCUT2D eigenvalue weighted by Gasteiger charge is -2.36. The van der Waals surface area contributed by atoms with E-state index in [1.807, 2.05) is 0 Å². The van der Waals surface area contributed by atoms with Gasteiger partial charge >= 0.3 is 0 Å². The smallest absolute Gasteiger partial charge is 0.144 e. The Balaban J connectivity index is 2.13. The summed E-state index contributed by atoms with van der Waals surface area (Å²) in [5.41, 5.74) is 1.46. The van der Waals surface area contributed by atoms with Gasteiger partial charge in [0.15, 0.2) is 0 Å². The minimum absolute atomic E-state index is 0.427. The molecule has 1 aliphatic carbocycles. The topological polar surface area (TPSA) is 37.8 Å². The Kier molecular flexibility index (Phi) is 5.29. The van der Waals surface area contributed by atoms with Gasteiger partial charge in [0.2, 0.25) is 0 Å². The van der Waals surface area contributed by atoms with Crippen LogP contribution in [-0.4, -0.2) is 16.5 Å². The van der Waals surface area contributed by atoms with Crippen molar-refractivity contribution in [3.8, 4) is 0 Å². The highest BCUT2D eigenvalue weighted by molar-refractivity contribution is 9.10. The molecule has 0 aromatic carbocycles. The van der Waals surface area contributed by atoms with E-state index in [9.17, 15) is 0 Å². The molecule has 0 aliphatic heterocycles. The highest BCUT2D eigenvalue weighted by Gasteiger charge is 2.31. The number of anilines is 1. The average molecular weight is 354 g/mol. The van der Waals surface area contributed by atoms with Crippen LogP contribution in [0.15, 0.2) is 4.47 Å². The number of nitrogens with one attached hydrogen (secondary N) is 1. The van der Waals surface area contributed by atoms with Crippen LogP contribution >= 0.6 is 15.9 Å². The van der Waals surface area contributed by atoms with Crippen molar-refractivity contribution in [2.45, 2.75) is 66.2 Å². The molecule has 4 heteroatoms. The first-order valence-corrected chi connectivity index (χ1v) is 8.90. The Morgan fingerprint density at radius 2 is 1.76 bits per heavy atom. The van der Waals surface area contributed by atoms with E-state index in [4.69, 9.17) is 9.97 Å². The molecule has 0 bridgehead atoms. The van der Waals surface area contributed by atoms with Gasteiger partial charge in [0.25, 0.3) is 0 Å². The first-order chi connectivity index (χ1) is 9.82. The normalized spacial score (nSPS) is 23.1. The van der Waals surface area contributed by atoms with Crippen LogP contribution < -0.4 is 5.32 Å². The molecule has 1 aromatic heterocycles. The van der Waals surface area contributed by atoms with E-state index < -0.39 is 0 Å². The molecule has 1 heterocycles. The lowest BCUT2D eigenvalue weighted by atomic mass is 9.69. The van der Waals surface area contributed by atoms with Crippen molar-refractivity contribution < 1.29 is 0 Å². The van der Waals surface area contributed by atoms with Gasteiger partial charge in [-0.1, -0.05) is 20.8 Å². The first kappa shape index (κ1) is 16.7. The van der Waals surface area contributed by atoms with Crippen molar-refractivity contribution in [3.05, 3.63) is 16.0 Å². The summed E-state index contributed by atoms with van der Waals surface area (Å²) in [5.74, 6) is 3.32. The predicted octanol–water partition coefficient (Wildman–Crippen LogP) is 5.30. The van der Waals surface area contributed by atoms with E-state index in [-0.39, 0.29) is 0 Å². The molecule has 2 rings (SSSR count). The third-order valence-corrected chi connectivity index (χ3v) is 5.64. The third-order valence-electron chi connectivity index (χ3n) is 4.70. The maximum Gasteiger partial charge on any atom is 0.144 e. The second-order valence-corrected chi connectivity index (χ2v) is 8.07. The van der Waals surface area contributed by atoms with Gasteiger partial charge in [-0.2, -0.15) is 0 Å². The summed E-state index contributed by atoms with van der Waals surface area (Å²) >= 11 is 3.59. The third kappa shape index (κ3) is 3.97. The fourth-order valence-electron chi connectivity index (χ4n) is 3.27. The van der Waals surface area contributed by atoms with Gasteiger partial charge in [-0.15, -0.1) is 0 Å². The summed E-state index contributed by atoms with van der Waals surface area (Å²) in [6.45, 7) is 12.1. The van der Waals surface area contributed by atoms with Gasteiger partial charge in [-0.05, 0) is 66.8 Å². The van der Waals surface area contributed by atoms with Crippen molar-refractivity contribution in [2.24, 2.45) is 11.3 Å². The van der Waals surface area contributed by atoms with E-state index in [0.717, 1.165) is 34.3 Å². The Hall–Kier alpha value is -0.640. The van der Waals surface area contributed by atoms with Crippen LogP contribution in [0.5, 0.6) is 0 Å². The van der Waals surface area contributed by atoms with E-state index in [1.54, 1.807) is 0 Å². The molecule has 3 nitrogen and oxygen atoms in total. The zero-order valence-electron chi connectivity index (χ0n) is 14.0. The molecule has 1 aromatic rings. The number of rotatable bonds is 3. The van der Waals surface area contributed by atoms with Crippen LogP contribution in [-0.2, 0) is 0 Å². The molecule has 0 amide bonds. The largest absolute Gasteiger partial charge is 0.369 e. The van der Waals surface area contributed by atoms with Crippen LogP contribution in [0.2, 0.25) is 0 Å². The molecular weight excluding hydrogens is 326 g/mol. The predicted molar refractivity (Wildman–Crippen MR) is 92.8 cm³/mol. The molecule has 1 saturated carbocycles. The van der Waals surface area contributed by atoms with Gasteiger partial charge < -0.3 is 5.32 Å². The summed E-state index contributed by atoms with van der Waals surface area (Å²) in [6, 6.07) is 0. The fourth-order valence-corrected chi connectivity index (χ4v) is 3.58. The fraction of sp³-hybridized carbons (Fsp3) is 0.765. The molecule has 0 saturated heterocycles. The van der Waals surface area contributed by atoms with Crippen LogP contribution in [0.25, 0.3) is 0 Å². The molecule has 0 unspecified atom stereocenters. The SMILES string of the molecule is CCNc1nc(C2CCC(C(C)(C)C)CC2)nc(C)c1Br. The maximum atomic E-state index is 4.76. The standard InChI is InChI=1S/C17H28BrN3/c1-6-19-16-14(18)11(2)20-15(21-16)12-7-9-13(10-8-12)17(3,4)5/h12-13H,6-10H2,1-5H3,(H,19,20,21). The van der Waals surface area contributed by atoms with E-state index in [1.165, 1.54) is 25.7 Å². The lowest BCUT2D eigenvalue weighted by Crippen LogP contribution is -2.26. The van der Waals surface area contributed by atoms with Crippen LogP contribution in [0.1, 0.15) is 70.8 Å². The molecule has 1 fully saturated rings. The van der Waals surface area contributed by atoms with Crippen LogP contribution in [0, 0.1) is 18.3 Å². The van der Waals surface area contributed by atoms with Crippen molar-refractivity contribution >= 4 is 21.7 Å². The maximum absolute atomic E-state index is 4.76. The number of aryl methyl sites for hydroxylation is 1. The first-order valence-electron chi connectivity index (χ1n) is 8.10. The quantitative estimate of drug-likeness (QED) is 0.800. The summed E-state index contributed by atoms with van der Waals surface area (Å²) in [6.07, 6.45) is 5.02. The second-order valence-electron chi connectivity index (χ2n) is 7.27. The van der Waals surface area contributed by atoms with E-state index >= 15 is 0 Å². The van der Waals surface area contributed by atoms with Crippen LogP contribution in [0.3, 0.4) is 0 Å². The van der Waals surface area contributed by atoms with Gasteiger partial charge in [0.05, 0.1) is 10.2 Å². The number of hydrogen-bond donors (Lipinski definition) is 1. The number of hydrogen-bond acceptors (Lipinski definition) is 3. The summed E-state index contributed by atoms with van der Waals surface area (Å²) in [5, 5.41) is 3.33. The second kappa shape index (κ2) is 6.64. The summed E-state index contributed by atoms with van der Waals surface area (Å²) in [7, 11) is 0. The van der Waals surface area contributed by atoms with E-state index in [0.29, 0.717) is 11.3 Å². The summed E-state index contributed by atoms with van der Waals surface area (Å²) in [4.78, 5) is 9.49. The number of nitrogens with zero attached hydrogens (tertiary/aromatic N) is 2. The molecule has 0 atom stereocenters. The average Bonchev–Trinajstić information content (AvgIpc) is 2.43. The zero-order chi connectivity index (χ0) is 15.6. The van der Waals surface area contributed by atoms with Crippen molar-refractivity contribution in [2.75, 3.05) is 11.9 Å². The number of aromatic nitrogens is 2. The lowest BCUT2D eigenvalue weighted by molar-refractivity contribution is 0.167. The van der Waals surface area contributed by atoms with Gasteiger partial charge in [-0.3, -0.25) is 0 Å². The number of halogens is 1. The van der Waals surface area contributed by atoms with Crippen molar-refractivity contribution in [1.29, 1.82) is 0 Å². The van der Waals surface area contributed by atoms with Gasteiger partial charge in [0.1, 0.15) is 11.6 Å². The minimum atomic E-state index is 0.427. The molecular formula is C17H28BrN3. The molecule has 118 valence electrons. The molecule has 1 aliphatic rings. The Labute approximate surface area is 137 Å². The van der Waals surface area contributed by atoms with Gasteiger partial charge in [0, 0.05) is 12.5 Å². The van der Waals surface area contributed by atoms with Gasteiger partial charge in [-0.25, -0.2) is 9.97 Å². The highest BCUT2D eigenvalue weighted by Crippen LogP contribution is 2.42. The zero-order valence-corrected chi connectivity index (χ0v) is 15.5. The minimum Gasteiger partial charge on any atom is -0.369 e. The Bertz CT molecular complexity index is 486.